The maximum absolute atomic E-state index is 11.8. The minimum absolute atomic E-state index is 0.0981. The molecule has 1 aliphatic rings. The maximum atomic E-state index is 11.8. The molecule has 1 aromatic rings. The van der Waals surface area contributed by atoms with Gasteiger partial charge >= 0.3 is 11.9 Å². The van der Waals surface area contributed by atoms with Gasteiger partial charge in [-0.3, -0.25) is 4.79 Å². The van der Waals surface area contributed by atoms with Gasteiger partial charge in [0, 0.05) is 0 Å². The summed E-state index contributed by atoms with van der Waals surface area (Å²) in [7, 11) is 1.24. The standard InChI is InChI=1S/C15H15NO7/c1-20-14(18)10-4-2-3-5-11(10)16-13(17)9-23-15(19)12-8-21-6-7-22-12/h2-5,8H,6-7,9H2,1H3,(H,16,17). The molecular formula is C15H15NO7. The average Bonchev–Trinajstić information content (AvgIpc) is 2.60. The van der Waals surface area contributed by atoms with Crippen molar-refractivity contribution in [1.29, 1.82) is 0 Å². The third-order valence-corrected chi connectivity index (χ3v) is 2.79. The Morgan fingerprint density at radius 3 is 2.65 bits per heavy atom. The van der Waals surface area contributed by atoms with Gasteiger partial charge < -0.3 is 24.3 Å². The molecule has 1 heterocycles. The fourth-order valence-electron chi connectivity index (χ4n) is 1.74. The molecule has 122 valence electrons. The van der Waals surface area contributed by atoms with Crippen LogP contribution in [0.4, 0.5) is 5.69 Å². The number of amides is 1. The number of carbonyl (C=O) groups excluding carboxylic acids is 3. The molecule has 1 aromatic carbocycles. The molecule has 1 N–H and O–H groups in total. The molecular weight excluding hydrogens is 306 g/mol. The zero-order chi connectivity index (χ0) is 16.7. The number of methoxy groups -OCH3 is 1. The van der Waals surface area contributed by atoms with Crippen LogP contribution >= 0.6 is 0 Å². The molecule has 0 aliphatic carbocycles. The second-order valence-electron chi connectivity index (χ2n) is 4.36. The molecule has 0 bridgehead atoms. The van der Waals surface area contributed by atoms with Crippen LogP contribution in [0.25, 0.3) is 0 Å². The fourth-order valence-corrected chi connectivity index (χ4v) is 1.74. The van der Waals surface area contributed by atoms with Crippen molar-refractivity contribution in [3.05, 3.63) is 41.9 Å². The summed E-state index contributed by atoms with van der Waals surface area (Å²) >= 11 is 0. The highest BCUT2D eigenvalue weighted by Gasteiger charge is 2.19. The topological polar surface area (TPSA) is 100 Å². The van der Waals surface area contributed by atoms with Crippen LogP contribution in [0.5, 0.6) is 0 Å². The molecule has 1 amide bonds. The van der Waals surface area contributed by atoms with E-state index in [1.54, 1.807) is 12.1 Å². The van der Waals surface area contributed by atoms with Gasteiger partial charge in [0.1, 0.15) is 19.5 Å². The molecule has 2 rings (SSSR count). The molecule has 0 aromatic heterocycles. The van der Waals surface area contributed by atoms with Gasteiger partial charge in [0.15, 0.2) is 6.61 Å². The van der Waals surface area contributed by atoms with Crippen LogP contribution in [0, 0.1) is 0 Å². The van der Waals surface area contributed by atoms with Gasteiger partial charge in [0.05, 0.1) is 18.4 Å². The molecule has 0 saturated carbocycles. The van der Waals surface area contributed by atoms with Crippen LogP contribution in [-0.2, 0) is 28.5 Å². The first-order valence-corrected chi connectivity index (χ1v) is 6.70. The van der Waals surface area contributed by atoms with Crippen LogP contribution in [-0.4, -0.2) is 44.8 Å². The smallest absolute Gasteiger partial charge is 0.377 e. The lowest BCUT2D eigenvalue weighted by atomic mass is 10.2. The van der Waals surface area contributed by atoms with Crippen LogP contribution in [0.2, 0.25) is 0 Å². The highest BCUT2D eigenvalue weighted by atomic mass is 16.6. The van der Waals surface area contributed by atoms with Crippen molar-refractivity contribution in [2.75, 3.05) is 32.2 Å². The number of carbonyl (C=O) groups is 3. The summed E-state index contributed by atoms with van der Waals surface area (Å²) in [4.78, 5) is 35.0. The number of benzene rings is 1. The molecule has 0 saturated heterocycles. The lowest BCUT2D eigenvalue weighted by Crippen LogP contribution is -2.24. The van der Waals surface area contributed by atoms with Gasteiger partial charge in [-0.15, -0.1) is 0 Å². The molecule has 0 atom stereocenters. The van der Waals surface area contributed by atoms with Crippen LogP contribution in [0.15, 0.2) is 36.3 Å². The van der Waals surface area contributed by atoms with Gasteiger partial charge in [-0.25, -0.2) is 9.59 Å². The van der Waals surface area contributed by atoms with Crippen molar-refractivity contribution in [3.8, 4) is 0 Å². The first kappa shape index (κ1) is 16.3. The highest BCUT2D eigenvalue weighted by Crippen LogP contribution is 2.16. The number of esters is 2. The molecule has 1 aliphatic heterocycles. The quantitative estimate of drug-likeness (QED) is 0.802. The Morgan fingerprint density at radius 1 is 1.17 bits per heavy atom. The van der Waals surface area contributed by atoms with Gasteiger partial charge in [0.2, 0.25) is 5.76 Å². The van der Waals surface area contributed by atoms with E-state index in [1.807, 2.05) is 0 Å². The SMILES string of the molecule is COC(=O)c1ccccc1NC(=O)COC(=O)C1=COCCO1. The number of nitrogens with one attached hydrogen (secondary N) is 1. The Balaban J connectivity index is 1.91. The molecule has 0 fully saturated rings. The van der Waals surface area contributed by atoms with Gasteiger partial charge in [-0.2, -0.15) is 0 Å². The Morgan fingerprint density at radius 2 is 1.96 bits per heavy atom. The van der Waals surface area contributed by atoms with Crippen molar-refractivity contribution in [2.45, 2.75) is 0 Å². The molecule has 8 nitrogen and oxygen atoms in total. The van der Waals surface area contributed by atoms with E-state index in [9.17, 15) is 14.4 Å². The van der Waals surface area contributed by atoms with E-state index in [2.05, 4.69) is 10.1 Å². The summed E-state index contributed by atoms with van der Waals surface area (Å²) in [6.07, 6.45) is 1.14. The van der Waals surface area contributed by atoms with Crippen molar-refractivity contribution >= 4 is 23.5 Å². The molecule has 0 radical (unpaired) electrons. The lowest BCUT2D eigenvalue weighted by Gasteiger charge is -2.14. The number of ether oxygens (including phenoxy) is 4. The predicted molar refractivity (Wildman–Crippen MR) is 77.4 cm³/mol. The number of hydrogen-bond donors (Lipinski definition) is 1. The van der Waals surface area contributed by atoms with Crippen molar-refractivity contribution in [3.63, 3.8) is 0 Å². The Labute approximate surface area is 132 Å². The first-order valence-electron chi connectivity index (χ1n) is 6.70. The number of para-hydroxylation sites is 1. The lowest BCUT2D eigenvalue weighted by molar-refractivity contribution is -0.148. The minimum Gasteiger partial charge on any atom is -0.493 e. The number of hydrogen-bond acceptors (Lipinski definition) is 7. The molecule has 0 spiro atoms. The van der Waals surface area contributed by atoms with Crippen LogP contribution in [0.3, 0.4) is 0 Å². The Kier molecular flexibility index (Phi) is 5.56. The molecule has 8 heteroatoms. The average molecular weight is 321 g/mol. The summed E-state index contributed by atoms with van der Waals surface area (Å²) in [5.74, 6) is -2.09. The van der Waals surface area contributed by atoms with Gasteiger partial charge in [-0.1, -0.05) is 12.1 Å². The summed E-state index contributed by atoms with van der Waals surface area (Å²) in [5, 5.41) is 2.48. The van der Waals surface area contributed by atoms with Crippen LogP contribution in [0.1, 0.15) is 10.4 Å². The third-order valence-electron chi connectivity index (χ3n) is 2.79. The highest BCUT2D eigenvalue weighted by molar-refractivity contribution is 6.02. The monoisotopic (exact) mass is 321 g/mol. The van der Waals surface area contributed by atoms with E-state index >= 15 is 0 Å². The maximum Gasteiger partial charge on any atom is 0.377 e. The second-order valence-corrected chi connectivity index (χ2v) is 4.36. The normalized spacial score (nSPS) is 13.0. The van der Waals surface area contributed by atoms with E-state index in [-0.39, 0.29) is 23.6 Å². The zero-order valence-corrected chi connectivity index (χ0v) is 12.4. The van der Waals surface area contributed by atoms with E-state index in [4.69, 9.17) is 14.2 Å². The first-order chi connectivity index (χ1) is 11.1. The van der Waals surface area contributed by atoms with Crippen molar-refractivity contribution in [2.24, 2.45) is 0 Å². The van der Waals surface area contributed by atoms with Crippen molar-refractivity contribution < 1.29 is 33.3 Å². The largest absolute Gasteiger partial charge is 0.493 e. The summed E-state index contributed by atoms with van der Waals surface area (Å²) < 4.78 is 19.4. The van der Waals surface area contributed by atoms with E-state index < -0.39 is 24.5 Å². The molecule has 0 unspecified atom stereocenters. The summed E-state index contributed by atoms with van der Waals surface area (Å²) in [6.45, 7) is 0.0518. The van der Waals surface area contributed by atoms with Gasteiger partial charge in [-0.05, 0) is 12.1 Å². The van der Waals surface area contributed by atoms with E-state index in [0.717, 1.165) is 6.26 Å². The second kappa shape index (κ2) is 7.83. The Hall–Kier alpha value is -3.03. The predicted octanol–water partition coefficient (Wildman–Crippen LogP) is 0.843. The van der Waals surface area contributed by atoms with Gasteiger partial charge in [0.25, 0.3) is 5.91 Å². The van der Waals surface area contributed by atoms with Crippen molar-refractivity contribution in [1.82, 2.24) is 0 Å². The Bertz CT molecular complexity index is 638. The summed E-state index contributed by atoms with van der Waals surface area (Å²) in [6, 6.07) is 6.32. The minimum atomic E-state index is -0.805. The molecule has 23 heavy (non-hydrogen) atoms. The zero-order valence-electron chi connectivity index (χ0n) is 12.4. The fraction of sp³-hybridized carbons (Fsp3) is 0.267. The number of rotatable bonds is 5. The number of anilines is 1. The van der Waals surface area contributed by atoms with Crippen LogP contribution < -0.4 is 5.32 Å². The summed E-state index contributed by atoms with van der Waals surface area (Å²) in [5.41, 5.74) is 0.457. The third kappa shape index (κ3) is 4.47. The van der Waals surface area contributed by atoms with E-state index in [0.29, 0.717) is 6.61 Å². The van der Waals surface area contributed by atoms with E-state index in [1.165, 1.54) is 19.2 Å².